The van der Waals surface area contributed by atoms with Crippen LogP contribution in [0.15, 0.2) is 30.7 Å². The lowest BCUT2D eigenvalue weighted by molar-refractivity contribution is -0.384. The Morgan fingerprint density at radius 1 is 1.44 bits per heavy atom. The molecule has 1 aromatic carbocycles. The number of hydrogen-bond acceptors (Lipinski definition) is 5. The molecule has 2 aromatic rings. The van der Waals surface area contributed by atoms with Crippen LogP contribution in [0.4, 0.5) is 5.69 Å². The number of benzene rings is 1. The molecule has 0 saturated carbocycles. The Balaban J connectivity index is 2.29. The molecule has 8 heteroatoms. The maximum absolute atomic E-state index is 10.6. The normalized spacial score (nSPS) is 10.1. The van der Waals surface area contributed by atoms with Crippen molar-refractivity contribution in [3.63, 3.8) is 0 Å². The van der Waals surface area contributed by atoms with Crippen molar-refractivity contribution in [3.8, 4) is 11.6 Å². The summed E-state index contributed by atoms with van der Waals surface area (Å²) in [6.45, 7) is 0. The third-order valence-electron chi connectivity index (χ3n) is 1.96. The summed E-state index contributed by atoms with van der Waals surface area (Å²) in [5, 5.41) is 10.6. The molecule has 0 fully saturated rings. The Bertz CT molecular complexity index is 609. The van der Waals surface area contributed by atoms with E-state index in [1.54, 1.807) is 6.20 Å². The van der Waals surface area contributed by atoms with Gasteiger partial charge in [0.05, 0.1) is 8.49 Å². The van der Waals surface area contributed by atoms with E-state index in [1.807, 2.05) is 22.6 Å². The third-order valence-corrected chi connectivity index (χ3v) is 3.01. The van der Waals surface area contributed by atoms with Crippen LogP contribution in [0.3, 0.4) is 0 Å². The minimum Gasteiger partial charge on any atom is -0.438 e. The molecule has 92 valence electrons. The molecule has 0 atom stereocenters. The lowest BCUT2D eigenvalue weighted by atomic mass is 10.3. The van der Waals surface area contributed by atoms with Gasteiger partial charge in [-0.3, -0.25) is 10.1 Å². The Morgan fingerprint density at radius 3 is 2.83 bits per heavy atom. The molecule has 0 spiro atoms. The van der Waals surface area contributed by atoms with Gasteiger partial charge >= 0.3 is 0 Å². The zero-order valence-electron chi connectivity index (χ0n) is 8.71. The van der Waals surface area contributed by atoms with E-state index in [-0.39, 0.29) is 10.7 Å². The second-order valence-corrected chi connectivity index (χ2v) is 4.72. The van der Waals surface area contributed by atoms with E-state index >= 15 is 0 Å². The Labute approximate surface area is 120 Å². The summed E-state index contributed by atoms with van der Waals surface area (Å²) in [6, 6.07) is 4.12. The van der Waals surface area contributed by atoms with Crippen molar-refractivity contribution in [1.82, 2.24) is 9.97 Å². The zero-order chi connectivity index (χ0) is 13.1. The van der Waals surface area contributed by atoms with Crippen molar-refractivity contribution >= 4 is 39.9 Å². The summed E-state index contributed by atoms with van der Waals surface area (Å²) >= 11 is 7.80. The Morgan fingerprint density at radius 2 is 2.22 bits per heavy atom. The summed E-state index contributed by atoms with van der Waals surface area (Å²) in [4.78, 5) is 17.8. The Kier molecular flexibility index (Phi) is 3.92. The maximum Gasteiger partial charge on any atom is 0.288 e. The van der Waals surface area contributed by atoms with Crippen LogP contribution in [0, 0.1) is 13.7 Å². The van der Waals surface area contributed by atoms with Crippen LogP contribution < -0.4 is 4.74 Å². The van der Waals surface area contributed by atoms with E-state index in [9.17, 15) is 10.1 Å². The summed E-state index contributed by atoms with van der Waals surface area (Å²) in [7, 11) is 0. The molecule has 1 heterocycles. The summed E-state index contributed by atoms with van der Waals surface area (Å²) in [5.41, 5.74) is -0.165. The van der Waals surface area contributed by atoms with Gasteiger partial charge in [-0.05, 0) is 28.7 Å². The van der Waals surface area contributed by atoms with Gasteiger partial charge in [0.2, 0.25) is 5.88 Å². The van der Waals surface area contributed by atoms with E-state index in [1.165, 1.54) is 24.5 Å². The van der Waals surface area contributed by atoms with Crippen molar-refractivity contribution in [2.24, 2.45) is 0 Å². The number of rotatable bonds is 3. The molecular formula is C10H5ClIN3O3. The molecule has 18 heavy (non-hydrogen) atoms. The summed E-state index contributed by atoms with van der Waals surface area (Å²) < 4.78 is 6.19. The van der Waals surface area contributed by atoms with Crippen molar-refractivity contribution in [2.45, 2.75) is 0 Å². The quantitative estimate of drug-likeness (QED) is 0.465. The lowest BCUT2D eigenvalue weighted by Crippen LogP contribution is -1.93. The highest BCUT2D eigenvalue weighted by molar-refractivity contribution is 14.1. The number of ether oxygens (including phenoxy) is 1. The first-order valence-corrected chi connectivity index (χ1v) is 6.11. The van der Waals surface area contributed by atoms with E-state index in [0.717, 1.165) is 3.57 Å². The first-order valence-electron chi connectivity index (χ1n) is 4.65. The number of nitro benzene ring substituents is 1. The highest BCUT2D eigenvalue weighted by atomic mass is 127. The van der Waals surface area contributed by atoms with Gasteiger partial charge in [-0.1, -0.05) is 11.6 Å². The summed E-state index contributed by atoms with van der Waals surface area (Å²) in [5.74, 6) is 0.748. The van der Waals surface area contributed by atoms with Gasteiger partial charge in [-0.2, -0.15) is 0 Å². The van der Waals surface area contributed by atoms with Crippen LogP contribution in [0.25, 0.3) is 0 Å². The fourth-order valence-corrected chi connectivity index (χ4v) is 1.84. The molecule has 1 aromatic heterocycles. The number of halogens is 2. The van der Waals surface area contributed by atoms with E-state index in [2.05, 4.69) is 9.97 Å². The fourth-order valence-electron chi connectivity index (χ4n) is 1.19. The van der Waals surface area contributed by atoms with Crippen LogP contribution in [0.5, 0.6) is 11.6 Å². The second-order valence-electron chi connectivity index (χ2n) is 3.15. The molecule has 0 aliphatic rings. The molecule has 0 saturated heterocycles. The summed E-state index contributed by atoms with van der Waals surface area (Å²) in [6.07, 6.45) is 2.94. The first-order chi connectivity index (χ1) is 8.58. The van der Waals surface area contributed by atoms with Crippen molar-refractivity contribution in [3.05, 3.63) is 49.4 Å². The number of aromatic nitrogens is 2. The third kappa shape index (κ3) is 2.85. The molecule has 0 bridgehead atoms. The number of nitro groups is 1. The molecule has 6 nitrogen and oxygen atoms in total. The van der Waals surface area contributed by atoms with Gasteiger partial charge in [-0.25, -0.2) is 9.97 Å². The van der Waals surface area contributed by atoms with Gasteiger partial charge in [0.25, 0.3) is 5.69 Å². The minimum atomic E-state index is -0.555. The van der Waals surface area contributed by atoms with Gasteiger partial charge in [-0.15, -0.1) is 0 Å². The van der Waals surface area contributed by atoms with Crippen LogP contribution >= 0.6 is 34.2 Å². The van der Waals surface area contributed by atoms with Gasteiger partial charge in [0.1, 0.15) is 17.1 Å². The van der Waals surface area contributed by atoms with Gasteiger partial charge < -0.3 is 4.74 Å². The smallest absolute Gasteiger partial charge is 0.288 e. The van der Waals surface area contributed by atoms with Crippen LogP contribution in [-0.4, -0.2) is 14.9 Å². The van der Waals surface area contributed by atoms with E-state index in [4.69, 9.17) is 16.3 Å². The van der Waals surface area contributed by atoms with Gasteiger partial charge in [0.15, 0.2) is 0 Å². The number of nitrogens with zero attached hydrogens (tertiary/aromatic N) is 3. The molecule has 2 rings (SSSR count). The topological polar surface area (TPSA) is 78.2 Å². The van der Waals surface area contributed by atoms with Crippen LogP contribution in [0.1, 0.15) is 0 Å². The average molecular weight is 378 g/mol. The van der Waals surface area contributed by atoms with Crippen molar-refractivity contribution < 1.29 is 9.66 Å². The van der Waals surface area contributed by atoms with E-state index in [0.29, 0.717) is 11.6 Å². The van der Waals surface area contributed by atoms with E-state index < -0.39 is 4.92 Å². The fraction of sp³-hybridized carbons (Fsp3) is 0. The molecule has 0 unspecified atom stereocenters. The average Bonchev–Trinajstić information content (AvgIpc) is 2.32. The second kappa shape index (κ2) is 5.44. The van der Waals surface area contributed by atoms with Crippen molar-refractivity contribution in [1.29, 1.82) is 0 Å². The van der Waals surface area contributed by atoms with Crippen molar-refractivity contribution in [2.75, 3.05) is 0 Å². The van der Waals surface area contributed by atoms with Gasteiger partial charge in [0, 0.05) is 18.3 Å². The standard InChI is InChI=1S/C10H5ClIN3O3/c11-7-3-6(1-2-9(7)15(16)17)18-10-8(12)4-13-5-14-10/h1-5H. The monoisotopic (exact) mass is 377 g/mol. The molecule has 0 aliphatic heterocycles. The number of hydrogen-bond donors (Lipinski definition) is 0. The molecule has 0 radical (unpaired) electrons. The largest absolute Gasteiger partial charge is 0.438 e. The SMILES string of the molecule is O=[N+]([O-])c1ccc(Oc2ncncc2I)cc1Cl. The maximum atomic E-state index is 10.6. The van der Waals surface area contributed by atoms with Crippen LogP contribution in [-0.2, 0) is 0 Å². The Hall–Kier alpha value is -1.48. The molecule has 0 N–H and O–H groups in total. The predicted molar refractivity (Wildman–Crippen MR) is 72.9 cm³/mol. The van der Waals surface area contributed by atoms with Crippen LogP contribution in [0.2, 0.25) is 5.02 Å². The predicted octanol–water partition coefficient (Wildman–Crippen LogP) is 3.44. The molecular weight excluding hydrogens is 372 g/mol. The molecule has 0 amide bonds. The zero-order valence-corrected chi connectivity index (χ0v) is 11.6. The first kappa shape index (κ1) is 13.0. The minimum absolute atomic E-state index is 0.0153. The molecule has 0 aliphatic carbocycles. The highest BCUT2D eigenvalue weighted by Gasteiger charge is 2.13. The highest BCUT2D eigenvalue weighted by Crippen LogP contribution is 2.31. The lowest BCUT2D eigenvalue weighted by Gasteiger charge is -2.06.